The zero-order valence-corrected chi connectivity index (χ0v) is 11.5. The Labute approximate surface area is 123 Å². The van der Waals surface area contributed by atoms with Crippen LogP contribution in [0.15, 0.2) is 41.5 Å². The number of carbonyl (C=O) groups is 1. The van der Waals surface area contributed by atoms with Crippen molar-refractivity contribution < 1.29 is 14.3 Å². The lowest BCUT2D eigenvalue weighted by atomic mass is 10.0. The van der Waals surface area contributed by atoms with Gasteiger partial charge in [-0.2, -0.15) is 0 Å². The molecule has 2 aromatic heterocycles. The molecule has 1 amide bonds. The third-order valence-corrected chi connectivity index (χ3v) is 3.83. The number of fused-ring (bicyclic) bond motifs is 2. The number of benzene rings is 1. The molecule has 0 fully saturated rings. The normalized spacial score (nSPS) is 13.5. The van der Waals surface area contributed by atoms with Crippen LogP contribution in [0, 0.1) is 5.82 Å². The van der Waals surface area contributed by atoms with Crippen LogP contribution in [-0.4, -0.2) is 20.6 Å². The first-order valence-corrected chi connectivity index (χ1v) is 6.63. The average molecular weight is 295 g/mol. The molecule has 0 atom stereocenters. The smallest absolute Gasteiger partial charge is 0.279 e. The third kappa shape index (κ3) is 1.54. The van der Waals surface area contributed by atoms with Crippen molar-refractivity contribution in [3.63, 3.8) is 0 Å². The van der Waals surface area contributed by atoms with E-state index in [4.69, 9.17) is 0 Å². The van der Waals surface area contributed by atoms with Crippen LogP contribution in [0.1, 0.15) is 5.56 Å². The van der Waals surface area contributed by atoms with Gasteiger partial charge in [-0.25, -0.2) is 14.4 Å². The van der Waals surface area contributed by atoms with E-state index < -0.39 is 11.7 Å². The van der Waals surface area contributed by atoms with Gasteiger partial charge in [0.1, 0.15) is 11.5 Å². The summed E-state index contributed by atoms with van der Waals surface area (Å²) in [6.45, 7) is 0. The minimum Gasteiger partial charge on any atom is -0.494 e. The van der Waals surface area contributed by atoms with Crippen LogP contribution < -0.4 is 10.6 Å². The molecular weight excluding hydrogens is 285 g/mol. The number of pyridine rings is 1. The maximum Gasteiger partial charge on any atom is 0.279 e. The number of halogens is 1. The number of carbonyl (C=O) groups excluding carboxylic acids is 1. The third-order valence-electron chi connectivity index (χ3n) is 3.83. The summed E-state index contributed by atoms with van der Waals surface area (Å²) < 4.78 is 15.0. The molecule has 1 aromatic carbocycles. The summed E-state index contributed by atoms with van der Waals surface area (Å²) in [6.07, 6.45) is 1.60. The lowest BCUT2D eigenvalue weighted by Crippen LogP contribution is -2.23. The fourth-order valence-corrected chi connectivity index (χ4v) is 2.82. The Kier molecular flexibility index (Phi) is 2.45. The van der Waals surface area contributed by atoms with E-state index in [0.29, 0.717) is 27.2 Å². The van der Waals surface area contributed by atoms with Gasteiger partial charge in [-0.3, -0.25) is 9.36 Å². The molecule has 3 heterocycles. The van der Waals surface area contributed by atoms with E-state index in [1.54, 1.807) is 25.4 Å². The second-order valence-electron chi connectivity index (χ2n) is 5.09. The van der Waals surface area contributed by atoms with E-state index >= 15 is 0 Å². The van der Waals surface area contributed by atoms with Crippen molar-refractivity contribution in [2.24, 2.45) is 12.0 Å². The van der Waals surface area contributed by atoms with Gasteiger partial charge in [-0.05, 0) is 30.3 Å². The highest BCUT2D eigenvalue weighted by Crippen LogP contribution is 2.34. The summed E-state index contributed by atoms with van der Waals surface area (Å²) in [6, 6.07) is 7.44. The highest BCUT2D eigenvalue weighted by Gasteiger charge is 2.26. The summed E-state index contributed by atoms with van der Waals surface area (Å²) in [7, 11) is 1.65. The molecule has 0 saturated heterocycles. The SMILES string of the molecule is Cn1c(O)c(C2=c3cc(F)ccc3=NC2=O)c2cccnc21. The van der Waals surface area contributed by atoms with Crippen molar-refractivity contribution in [1.82, 2.24) is 9.55 Å². The predicted molar refractivity (Wildman–Crippen MR) is 77.1 cm³/mol. The van der Waals surface area contributed by atoms with Gasteiger partial charge in [-0.15, -0.1) is 0 Å². The molecule has 1 N–H and O–H groups in total. The number of hydrogen-bond donors (Lipinski definition) is 1. The van der Waals surface area contributed by atoms with Crippen molar-refractivity contribution in [2.45, 2.75) is 0 Å². The van der Waals surface area contributed by atoms with Crippen LogP contribution in [-0.2, 0) is 11.8 Å². The van der Waals surface area contributed by atoms with Crippen molar-refractivity contribution in [3.8, 4) is 5.88 Å². The molecule has 4 rings (SSSR count). The van der Waals surface area contributed by atoms with E-state index in [0.717, 1.165) is 0 Å². The maximum absolute atomic E-state index is 13.6. The molecule has 1 aliphatic rings. The second-order valence-corrected chi connectivity index (χ2v) is 5.09. The fourth-order valence-electron chi connectivity index (χ4n) is 2.82. The Balaban J connectivity index is 2.22. The van der Waals surface area contributed by atoms with Crippen molar-refractivity contribution in [1.29, 1.82) is 0 Å². The van der Waals surface area contributed by atoms with Gasteiger partial charge in [0.25, 0.3) is 5.91 Å². The van der Waals surface area contributed by atoms with E-state index in [9.17, 15) is 14.3 Å². The first-order chi connectivity index (χ1) is 10.6. The lowest BCUT2D eigenvalue weighted by Gasteiger charge is -2.00. The second kappa shape index (κ2) is 4.24. The number of aromatic nitrogens is 2. The van der Waals surface area contributed by atoms with Gasteiger partial charge in [0.2, 0.25) is 5.88 Å². The molecule has 22 heavy (non-hydrogen) atoms. The molecule has 1 aliphatic heterocycles. The Hall–Kier alpha value is -3.02. The van der Waals surface area contributed by atoms with Crippen LogP contribution in [0.5, 0.6) is 5.88 Å². The Morgan fingerprint density at radius 3 is 2.91 bits per heavy atom. The van der Waals surface area contributed by atoms with Gasteiger partial charge >= 0.3 is 0 Å². The molecular formula is C16H10FN3O2. The number of hydrogen-bond acceptors (Lipinski definition) is 3. The zero-order valence-electron chi connectivity index (χ0n) is 11.5. The van der Waals surface area contributed by atoms with Gasteiger partial charge in [-0.1, -0.05) is 0 Å². The minimum absolute atomic E-state index is 0.0932. The standard InChI is InChI=1S/C16H10FN3O2/c1-20-14-9(3-2-6-18-14)13(16(20)22)12-10-7-8(17)4-5-11(10)19-15(12)21/h2-7,22H,1H3. The largest absolute Gasteiger partial charge is 0.494 e. The number of rotatable bonds is 1. The number of nitrogens with zero attached hydrogens (tertiary/aromatic N) is 3. The number of amides is 1. The van der Waals surface area contributed by atoms with Crippen LogP contribution in [0.25, 0.3) is 16.6 Å². The zero-order chi connectivity index (χ0) is 15.4. The fraction of sp³-hybridized carbons (Fsp3) is 0.0625. The molecule has 5 nitrogen and oxygen atoms in total. The Morgan fingerprint density at radius 1 is 1.27 bits per heavy atom. The summed E-state index contributed by atoms with van der Waals surface area (Å²) in [4.78, 5) is 20.4. The number of aromatic hydroxyl groups is 1. The van der Waals surface area contributed by atoms with Gasteiger partial charge in [0.15, 0.2) is 0 Å². The minimum atomic E-state index is -0.493. The van der Waals surface area contributed by atoms with Crippen molar-refractivity contribution in [2.75, 3.05) is 0 Å². The molecule has 0 saturated carbocycles. The molecule has 6 heteroatoms. The quantitative estimate of drug-likeness (QED) is 0.721. The van der Waals surface area contributed by atoms with Gasteiger partial charge < -0.3 is 5.11 Å². The Bertz CT molecular complexity index is 1080. The number of aryl methyl sites for hydroxylation is 1. The van der Waals surface area contributed by atoms with Gasteiger partial charge in [0.05, 0.1) is 16.5 Å². The maximum atomic E-state index is 13.6. The summed E-state index contributed by atoms with van der Waals surface area (Å²) >= 11 is 0. The Morgan fingerprint density at radius 2 is 2.09 bits per heavy atom. The molecule has 0 spiro atoms. The van der Waals surface area contributed by atoms with Crippen molar-refractivity contribution in [3.05, 3.63) is 58.5 Å². The predicted octanol–water partition coefficient (Wildman–Crippen LogP) is 0.777. The molecule has 108 valence electrons. The van der Waals surface area contributed by atoms with Gasteiger partial charge in [0, 0.05) is 23.8 Å². The van der Waals surface area contributed by atoms with E-state index in [1.165, 1.54) is 22.8 Å². The van der Waals surface area contributed by atoms with E-state index in [2.05, 4.69) is 9.98 Å². The molecule has 0 unspecified atom stereocenters. The molecule has 0 aliphatic carbocycles. The summed E-state index contributed by atoms with van der Waals surface area (Å²) in [5.41, 5.74) is 1.08. The summed E-state index contributed by atoms with van der Waals surface area (Å²) in [5.74, 6) is -1.05. The van der Waals surface area contributed by atoms with E-state index in [-0.39, 0.29) is 11.5 Å². The first kappa shape index (κ1) is 12.7. The molecule has 3 aromatic rings. The average Bonchev–Trinajstić information content (AvgIpc) is 2.95. The topological polar surface area (TPSA) is 67.5 Å². The highest BCUT2D eigenvalue weighted by molar-refractivity contribution is 6.24. The first-order valence-electron chi connectivity index (χ1n) is 6.63. The molecule has 0 bridgehead atoms. The van der Waals surface area contributed by atoms with Crippen LogP contribution in [0.3, 0.4) is 0 Å². The van der Waals surface area contributed by atoms with Crippen molar-refractivity contribution >= 4 is 22.5 Å². The van der Waals surface area contributed by atoms with Crippen LogP contribution in [0.4, 0.5) is 4.39 Å². The monoisotopic (exact) mass is 295 g/mol. The van der Waals surface area contributed by atoms with E-state index in [1.807, 2.05) is 0 Å². The highest BCUT2D eigenvalue weighted by atomic mass is 19.1. The molecule has 0 radical (unpaired) electrons. The van der Waals surface area contributed by atoms with Crippen LogP contribution in [0.2, 0.25) is 0 Å². The lowest BCUT2D eigenvalue weighted by molar-refractivity contribution is -0.112. The van der Waals surface area contributed by atoms with Crippen LogP contribution >= 0.6 is 0 Å². The summed E-state index contributed by atoms with van der Waals surface area (Å²) in [5, 5.41) is 11.8.